The summed E-state index contributed by atoms with van der Waals surface area (Å²) < 4.78 is 3.71. The summed E-state index contributed by atoms with van der Waals surface area (Å²) in [5.41, 5.74) is 4.66. The summed E-state index contributed by atoms with van der Waals surface area (Å²) in [6.07, 6.45) is 6.51. The second kappa shape index (κ2) is 9.42. The van der Waals surface area contributed by atoms with Crippen molar-refractivity contribution < 1.29 is 4.79 Å². The highest BCUT2D eigenvalue weighted by atomic mass is 35.5. The Morgan fingerprint density at radius 1 is 0.970 bits per heavy atom. The lowest BCUT2D eigenvalue weighted by Crippen LogP contribution is -2.25. The number of rotatable bonds is 8. The molecular formula is C25H23ClN6O. The van der Waals surface area contributed by atoms with Gasteiger partial charge in [-0.1, -0.05) is 54.1 Å². The number of hydrogen-bond acceptors (Lipinski definition) is 4. The SMILES string of the molecule is O=C(CCc1nnc2c3cc(-c4ccc(Cl)cc4)nn3ccn12)NCCCc1ccccc1. The van der Waals surface area contributed by atoms with Crippen LogP contribution >= 0.6 is 11.6 Å². The number of carbonyl (C=O) groups excluding carboxylic acids is 1. The van der Waals surface area contributed by atoms with Gasteiger partial charge in [0.05, 0.1) is 5.69 Å². The minimum absolute atomic E-state index is 0.0234. The Morgan fingerprint density at radius 3 is 2.61 bits per heavy atom. The minimum Gasteiger partial charge on any atom is -0.356 e. The van der Waals surface area contributed by atoms with Crippen molar-refractivity contribution in [2.45, 2.75) is 25.7 Å². The molecule has 3 aromatic heterocycles. The lowest BCUT2D eigenvalue weighted by Gasteiger charge is -2.05. The van der Waals surface area contributed by atoms with Gasteiger partial charge in [0.15, 0.2) is 5.65 Å². The van der Waals surface area contributed by atoms with Gasteiger partial charge >= 0.3 is 0 Å². The van der Waals surface area contributed by atoms with Crippen LogP contribution in [-0.4, -0.2) is 36.7 Å². The Labute approximate surface area is 196 Å². The summed E-state index contributed by atoms with van der Waals surface area (Å²) in [4.78, 5) is 12.3. The third-order valence-electron chi connectivity index (χ3n) is 5.61. The van der Waals surface area contributed by atoms with Gasteiger partial charge in [0.2, 0.25) is 5.91 Å². The number of aromatic nitrogens is 5. The van der Waals surface area contributed by atoms with E-state index in [-0.39, 0.29) is 5.91 Å². The number of benzene rings is 2. The van der Waals surface area contributed by atoms with Crippen LogP contribution in [0.5, 0.6) is 0 Å². The molecule has 0 aliphatic heterocycles. The zero-order valence-electron chi connectivity index (χ0n) is 18.0. The highest BCUT2D eigenvalue weighted by Gasteiger charge is 2.13. The van der Waals surface area contributed by atoms with Gasteiger partial charge < -0.3 is 5.32 Å². The minimum atomic E-state index is 0.0234. The average molecular weight is 459 g/mol. The van der Waals surface area contributed by atoms with Crippen LogP contribution < -0.4 is 5.32 Å². The van der Waals surface area contributed by atoms with E-state index in [0.29, 0.717) is 30.1 Å². The van der Waals surface area contributed by atoms with Crippen molar-refractivity contribution in [1.82, 2.24) is 29.5 Å². The molecule has 8 heteroatoms. The molecule has 7 nitrogen and oxygen atoms in total. The Hall–Kier alpha value is -3.71. The van der Waals surface area contributed by atoms with Crippen molar-refractivity contribution in [3.8, 4) is 11.3 Å². The summed E-state index contributed by atoms with van der Waals surface area (Å²) >= 11 is 6.00. The molecule has 5 rings (SSSR count). The van der Waals surface area contributed by atoms with Gasteiger partial charge in [-0.05, 0) is 36.6 Å². The van der Waals surface area contributed by atoms with Crippen LogP contribution in [0.3, 0.4) is 0 Å². The number of carbonyl (C=O) groups is 1. The van der Waals surface area contributed by atoms with Gasteiger partial charge in [-0.15, -0.1) is 10.2 Å². The Kier molecular flexibility index (Phi) is 6.04. The summed E-state index contributed by atoms with van der Waals surface area (Å²) in [5, 5.41) is 17.0. The lowest BCUT2D eigenvalue weighted by molar-refractivity contribution is -0.121. The number of nitrogens with zero attached hydrogens (tertiary/aromatic N) is 5. The van der Waals surface area contributed by atoms with Crippen LogP contribution in [0, 0.1) is 0 Å². The molecule has 3 heterocycles. The maximum Gasteiger partial charge on any atom is 0.220 e. The van der Waals surface area contributed by atoms with Crippen molar-refractivity contribution in [3.63, 3.8) is 0 Å². The molecule has 1 N–H and O–H groups in total. The number of hydrogen-bond donors (Lipinski definition) is 1. The monoisotopic (exact) mass is 458 g/mol. The number of aryl methyl sites for hydroxylation is 2. The average Bonchev–Trinajstić information content (AvgIpc) is 3.45. The van der Waals surface area contributed by atoms with E-state index in [4.69, 9.17) is 11.6 Å². The first-order valence-corrected chi connectivity index (χ1v) is 11.3. The third kappa shape index (κ3) is 4.73. The second-order valence-electron chi connectivity index (χ2n) is 7.91. The molecule has 0 bridgehead atoms. The predicted molar refractivity (Wildman–Crippen MR) is 128 cm³/mol. The van der Waals surface area contributed by atoms with E-state index >= 15 is 0 Å². The summed E-state index contributed by atoms with van der Waals surface area (Å²) in [7, 11) is 0. The maximum atomic E-state index is 12.3. The normalized spacial score (nSPS) is 11.3. The molecule has 0 unspecified atom stereocenters. The van der Waals surface area contributed by atoms with Crippen molar-refractivity contribution >= 4 is 28.7 Å². The van der Waals surface area contributed by atoms with E-state index in [1.807, 2.05) is 65.3 Å². The number of nitrogens with one attached hydrogen (secondary N) is 1. The van der Waals surface area contributed by atoms with Gasteiger partial charge in [0, 0.05) is 42.4 Å². The molecule has 5 aromatic rings. The van der Waals surface area contributed by atoms with Crippen molar-refractivity contribution in [1.29, 1.82) is 0 Å². The summed E-state index contributed by atoms with van der Waals surface area (Å²) in [6, 6.07) is 19.8. The number of fused-ring (bicyclic) bond motifs is 3. The van der Waals surface area contributed by atoms with Gasteiger partial charge in [0.1, 0.15) is 11.3 Å². The molecule has 0 saturated carbocycles. The second-order valence-corrected chi connectivity index (χ2v) is 8.35. The fourth-order valence-corrected chi connectivity index (χ4v) is 4.00. The molecule has 0 spiro atoms. The summed E-state index contributed by atoms with van der Waals surface area (Å²) in [5.74, 6) is 0.774. The van der Waals surface area contributed by atoms with Crippen molar-refractivity contribution in [2.75, 3.05) is 6.54 Å². The van der Waals surface area contributed by atoms with E-state index in [1.54, 1.807) is 4.52 Å². The highest BCUT2D eigenvalue weighted by molar-refractivity contribution is 6.30. The van der Waals surface area contributed by atoms with Crippen molar-refractivity contribution in [3.05, 3.63) is 89.5 Å². The highest BCUT2D eigenvalue weighted by Crippen LogP contribution is 2.23. The maximum absolute atomic E-state index is 12.3. The Balaban J connectivity index is 1.22. The van der Waals surface area contributed by atoms with Gasteiger partial charge in [-0.3, -0.25) is 9.20 Å². The van der Waals surface area contributed by atoms with Crippen LogP contribution in [0.2, 0.25) is 5.02 Å². The molecule has 166 valence electrons. The smallest absolute Gasteiger partial charge is 0.220 e. The van der Waals surface area contributed by atoms with Gasteiger partial charge in [-0.25, -0.2) is 4.52 Å². The van der Waals surface area contributed by atoms with E-state index < -0.39 is 0 Å². The molecular weight excluding hydrogens is 436 g/mol. The molecule has 33 heavy (non-hydrogen) atoms. The molecule has 0 aliphatic rings. The molecule has 0 fully saturated rings. The Morgan fingerprint density at radius 2 is 1.79 bits per heavy atom. The Bertz CT molecular complexity index is 1390. The fourth-order valence-electron chi connectivity index (χ4n) is 3.87. The zero-order chi connectivity index (χ0) is 22.6. The zero-order valence-corrected chi connectivity index (χ0v) is 18.7. The van der Waals surface area contributed by atoms with Crippen LogP contribution in [0.15, 0.2) is 73.1 Å². The molecule has 0 aliphatic carbocycles. The summed E-state index contributed by atoms with van der Waals surface area (Å²) in [6.45, 7) is 0.665. The lowest BCUT2D eigenvalue weighted by atomic mass is 10.1. The standard InChI is InChI=1S/C25H23ClN6O/c26-20-10-8-19(9-11-20)21-17-22-25-29-28-23(31(25)15-16-32(22)30-21)12-13-24(33)27-14-4-7-18-5-2-1-3-6-18/h1-3,5-6,8-11,15-17H,4,7,12-14H2,(H,27,33). The van der Waals surface area contributed by atoms with Crippen LogP contribution in [-0.2, 0) is 17.6 Å². The quantitative estimate of drug-likeness (QED) is 0.350. The largest absolute Gasteiger partial charge is 0.356 e. The molecule has 0 saturated heterocycles. The van der Waals surface area contributed by atoms with Crippen LogP contribution in [0.1, 0.15) is 24.2 Å². The van der Waals surface area contributed by atoms with Gasteiger partial charge in [-0.2, -0.15) is 5.10 Å². The first-order valence-electron chi connectivity index (χ1n) is 11.0. The van der Waals surface area contributed by atoms with Crippen molar-refractivity contribution in [2.24, 2.45) is 0 Å². The molecule has 0 atom stereocenters. The van der Waals surface area contributed by atoms with Gasteiger partial charge in [0.25, 0.3) is 0 Å². The molecule has 1 amide bonds. The number of halogens is 1. The predicted octanol–water partition coefficient (Wildman–Crippen LogP) is 4.38. The van der Waals surface area contributed by atoms with E-state index in [1.165, 1.54) is 5.56 Å². The topological polar surface area (TPSA) is 76.6 Å². The number of amides is 1. The van der Waals surface area contributed by atoms with Crippen LogP contribution in [0.25, 0.3) is 22.4 Å². The fraction of sp³-hybridized carbons (Fsp3) is 0.200. The molecule has 2 aromatic carbocycles. The molecule has 0 radical (unpaired) electrons. The first kappa shape index (κ1) is 21.2. The van der Waals surface area contributed by atoms with E-state index in [2.05, 4.69) is 32.7 Å². The van der Waals surface area contributed by atoms with E-state index in [9.17, 15) is 4.79 Å². The third-order valence-corrected chi connectivity index (χ3v) is 5.86. The van der Waals surface area contributed by atoms with Crippen LogP contribution in [0.4, 0.5) is 0 Å². The first-order chi connectivity index (χ1) is 16.2. The van der Waals surface area contributed by atoms with E-state index in [0.717, 1.165) is 35.4 Å².